The molecule has 0 aliphatic heterocycles. The molecule has 0 N–H and O–H groups in total. The molecule has 0 fully saturated rings. The second kappa shape index (κ2) is 15.9. The Hall–Kier alpha value is 0.142. The van der Waals surface area contributed by atoms with Crippen LogP contribution in [0.4, 0.5) is 11.4 Å². The molecular formula is C24H40Cl2N2P2Pd. The van der Waals surface area contributed by atoms with Gasteiger partial charge in [0.25, 0.3) is 0 Å². The minimum Gasteiger partial charge on any atom is -1.00 e. The molecule has 0 heterocycles. The maximum atomic E-state index is 2.28. The molecule has 0 aliphatic carbocycles. The molecule has 0 bridgehead atoms. The van der Waals surface area contributed by atoms with E-state index in [0.717, 1.165) is 17.2 Å². The van der Waals surface area contributed by atoms with Crippen LogP contribution in [-0.2, 0) is 20.4 Å². The van der Waals surface area contributed by atoms with E-state index in [1.165, 1.54) is 22.0 Å². The van der Waals surface area contributed by atoms with E-state index < -0.39 is 0 Å². The third-order valence-electron chi connectivity index (χ3n) is 3.81. The van der Waals surface area contributed by atoms with E-state index in [-0.39, 0.29) is 45.2 Å². The van der Waals surface area contributed by atoms with Crippen LogP contribution in [0.25, 0.3) is 0 Å². The Balaban J connectivity index is -0.000000461. The summed E-state index contributed by atoms with van der Waals surface area (Å²) in [5.74, 6) is 0. The van der Waals surface area contributed by atoms with Crippen LogP contribution in [-0.4, -0.2) is 38.5 Å². The van der Waals surface area contributed by atoms with E-state index in [4.69, 9.17) is 0 Å². The Bertz CT molecular complexity index is 645. The molecule has 2 aromatic carbocycles. The number of benzene rings is 2. The fraction of sp³-hybridized carbons (Fsp3) is 0.500. The summed E-state index contributed by atoms with van der Waals surface area (Å²) in [5.41, 5.74) is 2.54. The van der Waals surface area contributed by atoms with E-state index in [2.05, 4.69) is 128 Å². The third kappa shape index (κ3) is 16.4. The maximum Gasteiger partial charge on any atom is 2.00 e. The van der Waals surface area contributed by atoms with Crippen molar-refractivity contribution in [1.29, 1.82) is 0 Å². The van der Waals surface area contributed by atoms with Crippen LogP contribution >= 0.6 is 17.2 Å². The average molecular weight is 596 g/mol. The Morgan fingerprint density at radius 3 is 0.903 bits per heavy atom. The van der Waals surface area contributed by atoms with Gasteiger partial charge in [-0.2, -0.15) is 0 Å². The molecule has 0 saturated heterocycles. The summed E-state index contributed by atoms with van der Waals surface area (Å²) < 4.78 is 0. The molecule has 0 spiro atoms. The van der Waals surface area contributed by atoms with Crippen LogP contribution in [0.2, 0.25) is 0 Å². The van der Waals surface area contributed by atoms with Crippen molar-refractivity contribution in [3.8, 4) is 0 Å². The van der Waals surface area contributed by atoms with Gasteiger partial charge in [-0.1, -0.05) is 83.0 Å². The summed E-state index contributed by atoms with van der Waals surface area (Å²) in [6, 6.07) is 17.7. The molecule has 0 amide bonds. The monoisotopic (exact) mass is 594 g/mol. The molecule has 180 valence electrons. The number of rotatable bonds is 4. The topological polar surface area (TPSA) is 6.48 Å². The van der Waals surface area contributed by atoms with Crippen LogP contribution in [0.3, 0.4) is 0 Å². The molecule has 0 aliphatic rings. The predicted molar refractivity (Wildman–Crippen MR) is 137 cm³/mol. The van der Waals surface area contributed by atoms with Crippen molar-refractivity contribution in [2.45, 2.75) is 51.9 Å². The van der Waals surface area contributed by atoms with Gasteiger partial charge >= 0.3 is 20.4 Å². The predicted octanol–water partition coefficient (Wildman–Crippen LogP) is -0.285. The van der Waals surface area contributed by atoms with Crippen molar-refractivity contribution >= 4 is 39.1 Å². The summed E-state index contributed by atoms with van der Waals surface area (Å²) >= 11 is 0. The van der Waals surface area contributed by atoms with Crippen LogP contribution < -0.4 is 45.2 Å². The van der Waals surface area contributed by atoms with Crippen molar-refractivity contribution < 1.29 is 45.2 Å². The van der Waals surface area contributed by atoms with Gasteiger partial charge in [-0.05, 0) is 45.2 Å². The van der Waals surface area contributed by atoms with Gasteiger partial charge in [0.1, 0.15) is 0 Å². The van der Waals surface area contributed by atoms with E-state index in [1.54, 1.807) is 0 Å². The molecule has 7 heteroatoms. The van der Waals surface area contributed by atoms with E-state index >= 15 is 0 Å². The standard InChI is InChI=1S/2C12H20NP.2ClH.Pd/c2*1-12(2,3)14-11-8-6-10(7-9-11)13(4)5;;;/h2*6-9,14H,1-5H3;2*1H;/q;;;;+2/p-2. The fourth-order valence-electron chi connectivity index (χ4n) is 2.55. The first-order valence-corrected chi connectivity index (χ1v) is 11.9. The zero-order valence-electron chi connectivity index (χ0n) is 20.6. The molecule has 2 aromatic rings. The molecule has 2 unspecified atom stereocenters. The number of hydrogen-bond donors (Lipinski definition) is 0. The van der Waals surface area contributed by atoms with Gasteiger partial charge in [0, 0.05) is 39.6 Å². The van der Waals surface area contributed by atoms with Crippen LogP contribution in [0.5, 0.6) is 0 Å². The van der Waals surface area contributed by atoms with Gasteiger partial charge in [0.2, 0.25) is 0 Å². The Morgan fingerprint density at radius 1 is 0.516 bits per heavy atom. The Labute approximate surface area is 221 Å². The average Bonchev–Trinajstić information content (AvgIpc) is 2.53. The number of halogens is 2. The van der Waals surface area contributed by atoms with Crippen molar-refractivity contribution in [2.24, 2.45) is 0 Å². The third-order valence-corrected chi connectivity index (χ3v) is 6.55. The number of hydrogen-bond acceptors (Lipinski definition) is 2. The van der Waals surface area contributed by atoms with Crippen LogP contribution in [0, 0.1) is 0 Å². The second-order valence-corrected chi connectivity index (χ2v) is 14.3. The Kier molecular flexibility index (Phi) is 18.3. The molecule has 2 nitrogen and oxygen atoms in total. The minimum absolute atomic E-state index is 0. The van der Waals surface area contributed by atoms with Gasteiger partial charge in [-0.3, -0.25) is 0 Å². The summed E-state index contributed by atoms with van der Waals surface area (Å²) in [6.45, 7) is 13.7. The van der Waals surface area contributed by atoms with Gasteiger partial charge in [0.05, 0.1) is 0 Å². The van der Waals surface area contributed by atoms with Crippen molar-refractivity contribution in [3.05, 3.63) is 48.5 Å². The second-order valence-electron chi connectivity index (χ2n) is 9.63. The van der Waals surface area contributed by atoms with Gasteiger partial charge < -0.3 is 34.6 Å². The van der Waals surface area contributed by atoms with Crippen molar-refractivity contribution in [3.63, 3.8) is 0 Å². The van der Waals surface area contributed by atoms with Gasteiger partial charge in [-0.25, -0.2) is 0 Å². The van der Waals surface area contributed by atoms with Crippen LogP contribution in [0.1, 0.15) is 41.5 Å². The molecule has 31 heavy (non-hydrogen) atoms. The summed E-state index contributed by atoms with van der Waals surface area (Å²) in [7, 11) is 10.1. The molecule has 0 radical (unpaired) electrons. The molecule has 0 aromatic heterocycles. The molecule has 2 atom stereocenters. The Morgan fingerprint density at radius 2 is 0.742 bits per heavy atom. The van der Waals surface area contributed by atoms with E-state index in [0.29, 0.717) is 10.3 Å². The summed E-state index contributed by atoms with van der Waals surface area (Å²) in [5, 5.41) is 3.70. The fourth-order valence-corrected chi connectivity index (χ4v) is 4.95. The summed E-state index contributed by atoms with van der Waals surface area (Å²) in [6.07, 6.45) is 0. The zero-order valence-corrected chi connectivity index (χ0v) is 25.7. The SMILES string of the molecule is CN(C)c1ccc(PC(C)(C)C)cc1.CN(C)c1ccc(PC(C)(C)C)cc1.[Cl-].[Cl-].[Pd+2]. The maximum absolute atomic E-state index is 2.28. The van der Waals surface area contributed by atoms with Crippen LogP contribution in [0.15, 0.2) is 48.5 Å². The van der Waals surface area contributed by atoms with Gasteiger partial charge in [0.15, 0.2) is 0 Å². The smallest absolute Gasteiger partial charge is 1.00 e. The van der Waals surface area contributed by atoms with E-state index in [9.17, 15) is 0 Å². The van der Waals surface area contributed by atoms with E-state index in [1.807, 2.05) is 0 Å². The number of nitrogens with zero attached hydrogens (tertiary/aromatic N) is 2. The van der Waals surface area contributed by atoms with Gasteiger partial charge in [-0.15, -0.1) is 0 Å². The van der Waals surface area contributed by atoms with Crippen molar-refractivity contribution in [2.75, 3.05) is 38.0 Å². The largest absolute Gasteiger partial charge is 2.00 e. The van der Waals surface area contributed by atoms with Crippen molar-refractivity contribution in [1.82, 2.24) is 0 Å². The molecule has 2 rings (SSSR count). The first-order valence-electron chi connectivity index (χ1n) is 9.88. The molecule has 0 saturated carbocycles. The normalized spacial score (nSPS) is 11.2. The first kappa shape index (κ1) is 35.7. The first-order chi connectivity index (χ1) is 12.8. The zero-order chi connectivity index (χ0) is 21.5. The summed E-state index contributed by atoms with van der Waals surface area (Å²) in [4.78, 5) is 4.26. The molecular weight excluding hydrogens is 556 g/mol. The minimum atomic E-state index is 0. The number of anilines is 2. The quantitative estimate of drug-likeness (QED) is 0.355.